The van der Waals surface area contributed by atoms with Gasteiger partial charge in [0.1, 0.15) is 0 Å². The van der Waals surface area contributed by atoms with Crippen LogP contribution in [0.25, 0.3) is 0 Å². The lowest BCUT2D eigenvalue weighted by Crippen LogP contribution is -2.44. The van der Waals surface area contributed by atoms with Crippen LogP contribution in [0.15, 0.2) is 24.3 Å². The number of benzene rings is 1. The molecule has 0 saturated carbocycles. The molecule has 1 aromatic carbocycles. The first kappa shape index (κ1) is 16.4. The first-order valence-corrected chi connectivity index (χ1v) is 8.40. The average Bonchev–Trinajstić information content (AvgIpc) is 3.03. The van der Waals surface area contributed by atoms with E-state index in [1.165, 1.54) is 5.56 Å². The Hall–Kier alpha value is -1.43. The maximum atomic E-state index is 12.9. The van der Waals surface area contributed by atoms with Gasteiger partial charge in [-0.2, -0.15) is 0 Å². The fraction of sp³-hybridized carbons (Fsp3) is 0.611. The van der Waals surface area contributed by atoms with Crippen LogP contribution in [-0.4, -0.2) is 57.5 Å². The number of methoxy groups -OCH3 is 2. The molecule has 0 spiro atoms. The van der Waals surface area contributed by atoms with E-state index in [0.717, 1.165) is 51.1 Å². The van der Waals surface area contributed by atoms with Crippen molar-refractivity contribution in [3.63, 3.8) is 0 Å². The summed E-state index contributed by atoms with van der Waals surface area (Å²) in [5.74, 6) is 0.436. The fourth-order valence-electron chi connectivity index (χ4n) is 3.61. The zero-order valence-corrected chi connectivity index (χ0v) is 14.0. The summed E-state index contributed by atoms with van der Waals surface area (Å²) < 4.78 is 10.5. The van der Waals surface area contributed by atoms with E-state index in [9.17, 15) is 4.79 Å². The van der Waals surface area contributed by atoms with Crippen LogP contribution < -0.4 is 4.90 Å². The van der Waals surface area contributed by atoms with Crippen molar-refractivity contribution < 1.29 is 14.3 Å². The van der Waals surface area contributed by atoms with Crippen LogP contribution in [0.1, 0.15) is 18.4 Å². The highest BCUT2D eigenvalue weighted by Gasteiger charge is 2.32. The average molecular weight is 318 g/mol. The van der Waals surface area contributed by atoms with Crippen LogP contribution in [0, 0.1) is 5.92 Å². The molecule has 2 aliphatic rings. The van der Waals surface area contributed by atoms with Gasteiger partial charge in [-0.3, -0.25) is 9.69 Å². The van der Waals surface area contributed by atoms with Gasteiger partial charge in [-0.1, -0.05) is 18.2 Å². The van der Waals surface area contributed by atoms with E-state index >= 15 is 0 Å². The third-order valence-electron chi connectivity index (χ3n) is 5.02. The second-order valence-electron chi connectivity index (χ2n) is 6.34. The van der Waals surface area contributed by atoms with Gasteiger partial charge in [-0.15, -0.1) is 0 Å². The van der Waals surface area contributed by atoms with Gasteiger partial charge in [0.05, 0.1) is 0 Å². The minimum Gasteiger partial charge on any atom is -0.355 e. The van der Waals surface area contributed by atoms with Crippen molar-refractivity contribution in [1.82, 2.24) is 4.90 Å². The highest BCUT2D eigenvalue weighted by atomic mass is 16.7. The predicted octanol–water partition coefficient (Wildman–Crippen LogP) is 1.91. The normalized spacial score (nSPS) is 19.3. The first-order chi connectivity index (χ1) is 11.2. The molecule has 5 nitrogen and oxygen atoms in total. The Labute approximate surface area is 138 Å². The van der Waals surface area contributed by atoms with Gasteiger partial charge >= 0.3 is 0 Å². The number of likely N-dealkylation sites (tertiary alicyclic amines) is 1. The van der Waals surface area contributed by atoms with Gasteiger partial charge in [0.25, 0.3) is 0 Å². The molecule has 0 aromatic heterocycles. The van der Waals surface area contributed by atoms with Crippen molar-refractivity contribution in [3.8, 4) is 0 Å². The molecule has 0 radical (unpaired) electrons. The highest BCUT2D eigenvalue weighted by Crippen LogP contribution is 2.31. The van der Waals surface area contributed by atoms with Crippen molar-refractivity contribution >= 4 is 11.6 Å². The van der Waals surface area contributed by atoms with Crippen LogP contribution in [-0.2, 0) is 20.7 Å². The van der Waals surface area contributed by atoms with E-state index in [1.807, 2.05) is 17.0 Å². The molecule has 5 heteroatoms. The molecule has 0 aliphatic carbocycles. The Morgan fingerprint density at radius 3 is 2.57 bits per heavy atom. The zero-order chi connectivity index (χ0) is 16.2. The van der Waals surface area contributed by atoms with Crippen LogP contribution in [0.4, 0.5) is 5.69 Å². The molecule has 2 heterocycles. The molecule has 1 amide bonds. The molecule has 0 atom stereocenters. The van der Waals surface area contributed by atoms with Crippen LogP contribution >= 0.6 is 0 Å². The van der Waals surface area contributed by atoms with Gasteiger partial charge < -0.3 is 14.4 Å². The predicted molar refractivity (Wildman–Crippen MR) is 89.5 cm³/mol. The molecule has 1 aromatic rings. The van der Waals surface area contributed by atoms with E-state index in [2.05, 4.69) is 17.0 Å². The monoisotopic (exact) mass is 318 g/mol. The third kappa shape index (κ3) is 3.57. The van der Waals surface area contributed by atoms with E-state index < -0.39 is 0 Å². The van der Waals surface area contributed by atoms with E-state index in [-0.39, 0.29) is 12.2 Å². The number of ether oxygens (including phenoxy) is 2. The van der Waals surface area contributed by atoms with Crippen LogP contribution in [0.2, 0.25) is 0 Å². The molecular weight excluding hydrogens is 292 g/mol. The molecule has 0 bridgehead atoms. The summed E-state index contributed by atoms with van der Waals surface area (Å²) in [6.07, 6.45) is 2.62. The topological polar surface area (TPSA) is 42.0 Å². The molecule has 0 N–H and O–H groups in total. The minimum atomic E-state index is -0.187. The molecule has 1 fully saturated rings. The molecule has 23 heavy (non-hydrogen) atoms. The quantitative estimate of drug-likeness (QED) is 0.778. The standard InChI is InChI=1S/C18H26N2O3/c1-22-17(23-2)13-19-10-7-15(8-11-19)18(21)20-12-9-14-5-3-4-6-16(14)20/h3-6,15,17H,7-13H2,1-2H3. The SMILES string of the molecule is COC(CN1CCC(C(=O)N2CCc3ccccc32)CC1)OC. The highest BCUT2D eigenvalue weighted by molar-refractivity contribution is 5.97. The molecule has 2 aliphatic heterocycles. The minimum absolute atomic E-state index is 0.140. The Balaban J connectivity index is 1.55. The van der Waals surface area contributed by atoms with Gasteiger partial charge in [0.15, 0.2) is 6.29 Å². The van der Waals surface area contributed by atoms with Crippen molar-refractivity contribution in [2.24, 2.45) is 5.92 Å². The first-order valence-electron chi connectivity index (χ1n) is 8.40. The Kier molecular flexibility index (Phi) is 5.30. The number of amides is 1. The number of para-hydroxylation sites is 1. The lowest BCUT2D eigenvalue weighted by molar-refractivity contribution is -0.127. The Morgan fingerprint density at radius 1 is 1.17 bits per heavy atom. The number of hydrogen-bond acceptors (Lipinski definition) is 4. The second kappa shape index (κ2) is 7.43. The molecular formula is C18H26N2O3. The van der Waals surface area contributed by atoms with Crippen LogP contribution in [0.5, 0.6) is 0 Å². The molecule has 3 rings (SSSR count). The molecule has 0 unspecified atom stereocenters. The van der Waals surface area contributed by atoms with Gasteiger partial charge in [0, 0.05) is 38.9 Å². The number of rotatable bonds is 5. The van der Waals surface area contributed by atoms with Crippen LogP contribution in [0.3, 0.4) is 0 Å². The van der Waals surface area contributed by atoms with Crippen molar-refractivity contribution in [2.75, 3.05) is 45.3 Å². The Morgan fingerprint density at radius 2 is 1.87 bits per heavy atom. The van der Waals surface area contributed by atoms with E-state index in [4.69, 9.17) is 9.47 Å². The smallest absolute Gasteiger partial charge is 0.230 e. The number of nitrogens with zero attached hydrogens (tertiary/aromatic N) is 2. The summed E-state index contributed by atoms with van der Waals surface area (Å²) in [6, 6.07) is 8.26. The van der Waals surface area contributed by atoms with Crippen molar-refractivity contribution in [2.45, 2.75) is 25.6 Å². The molecule has 1 saturated heterocycles. The summed E-state index contributed by atoms with van der Waals surface area (Å²) >= 11 is 0. The third-order valence-corrected chi connectivity index (χ3v) is 5.02. The number of carbonyl (C=O) groups excluding carboxylic acids is 1. The Bertz CT molecular complexity index is 537. The lowest BCUT2D eigenvalue weighted by atomic mass is 9.95. The second-order valence-corrected chi connectivity index (χ2v) is 6.34. The zero-order valence-electron chi connectivity index (χ0n) is 14.0. The van der Waals surface area contributed by atoms with Gasteiger partial charge in [-0.05, 0) is 44.0 Å². The summed E-state index contributed by atoms with van der Waals surface area (Å²) in [6.45, 7) is 3.44. The van der Waals surface area contributed by atoms with E-state index in [0.29, 0.717) is 5.91 Å². The fourth-order valence-corrected chi connectivity index (χ4v) is 3.61. The van der Waals surface area contributed by atoms with Crippen molar-refractivity contribution in [1.29, 1.82) is 0 Å². The number of fused-ring (bicyclic) bond motifs is 1. The van der Waals surface area contributed by atoms with Gasteiger partial charge in [0.2, 0.25) is 5.91 Å². The molecule has 126 valence electrons. The largest absolute Gasteiger partial charge is 0.355 e. The summed E-state index contributed by atoms with van der Waals surface area (Å²) in [4.78, 5) is 17.2. The maximum Gasteiger partial charge on any atom is 0.230 e. The number of hydrogen-bond donors (Lipinski definition) is 0. The van der Waals surface area contributed by atoms with Crippen molar-refractivity contribution in [3.05, 3.63) is 29.8 Å². The maximum absolute atomic E-state index is 12.9. The number of anilines is 1. The lowest BCUT2D eigenvalue weighted by Gasteiger charge is -2.34. The summed E-state index contributed by atoms with van der Waals surface area (Å²) in [5, 5.41) is 0. The summed E-state index contributed by atoms with van der Waals surface area (Å²) in [5.41, 5.74) is 2.40. The van der Waals surface area contributed by atoms with Gasteiger partial charge in [-0.25, -0.2) is 0 Å². The summed E-state index contributed by atoms with van der Waals surface area (Å²) in [7, 11) is 3.32. The van der Waals surface area contributed by atoms with E-state index in [1.54, 1.807) is 14.2 Å². The number of piperidine rings is 1. The number of carbonyl (C=O) groups is 1.